The molecule has 0 amide bonds. The van der Waals surface area contributed by atoms with Crippen LogP contribution in [0, 0.1) is 0 Å². The lowest BCUT2D eigenvalue weighted by molar-refractivity contribution is 0.0745. The monoisotopic (exact) mass is 294 g/mol. The van der Waals surface area contributed by atoms with Gasteiger partial charge >= 0.3 is 0 Å². The average molecular weight is 294 g/mol. The molecule has 0 atom stereocenters. The standard InChI is InChI=1S/C17H26O4/c1-14(2)19-10-6-4-3-5-9-18-12-15-7-8-16-17(11-15)21-13-20-16/h7-8,11,14H,3-6,9-10,12-13H2,1-2H3. The van der Waals surface area contributed by atoms with Crippen LogP contribution in [0.3, 0.4) is 0 Å². The lowest BCUT2D eigenvalue weighted by Crippen LogP contribution is -2.03. The van der Waals surface area contributed by atoms with Gasteiger partial charge < -0.3 is 18.9 Å². The normalized spacial score (nSPS) is 13.1. The Morgan fingerprint density at radius 2 is 1.76 bits per heavy atom. The molecule has 118 valence electrons. The Hall–Kier alpha value is -1.26. The van der Waals surface area contributed by atoms with Gasteiger partial charge in [0.15, 0.2) is 11.5 Å². The molecule has 1 aromatic rings. The van der Waals surface area contributed by atoms with Crippen LogP contribution in [-0.2, 0) is 16.1 Å². The largest absolute Gasteiger partial charge is 0.454 e. The van der Waals surface area contributed by atoms with E-state index in [0.29, 0.717) is 19.5 Å². The highest BCUT2D eigenvalue weighted by atomic mass is 16.7. The molecule has 1 aliphatic heterocycles. The van der Waals surface area contributed by atoms with Crippen molar-refractivity contribution in [3.05, 3.63) is 23.8 Å². The molecule has 0 radical (unpaired) electrons. The predicted octanol–water partition coefficient (Wildman–Crippen LogP) is 3.92. The van der Waals surface area contributed by atoms with Crippen LogP contribution in [0.5, 0.6) is 11.5 Å². The smallest absolute Gasteiger partial charge is 0.231 e. The Morgan fingerprint density at radius 3 is 2.57 bits per heavy atom. The van der Waals surface area contributed by atoms with E-state index in [1.807, 2.05) is 18.2 Å². The number of benzene rings is 1. The molecule has 4 heteroatoms. The van der Waals surface area contributed by atoms with E-state index in [2.05, 4.69) is 13.8 Å². The molecule has 0 aliphatic carbocycles. The minimum atomic E-state index is 0.320. The zero-order chi connectivity index (χ0) is 14.9. The van der Waals surface area contributed by atoms with Crippen LogP contribution in [0.4, 0.5) is 0 Å². The lowest BCUT2D eigenvalue weighted by Gasteiger charge is -2.07. The molecule has 2 rings (SSSR count). The molecule has 0 saturated carbocycles. The molecule has 0 N–H and O–H groups in total. The summed E-state index contributed by atoms with van der Waals surface area (Å²) < 4.78 is 21.8. The molecule has 21 heavy (non-hydrogen) atoms. The third-order valence-corrected chi connectivity index (χ3v) is 3.34. The maximum Gasteiger partial charge on any atom is 0.231 e. The van der Waals surface area contributed by atoms with Crippen LogP contribution in [0.15, 0.2) is 18.2 Å². The molecule has 0 spiro atoms. The van der Waals surface area contributed by atoms with E-state index in [1.165, 1.54) is 12.8 Å². The number of unbranched alkanes of at least 4 members (excludes halogenated alkanes) is 3. The Balaban J connectivity index is 1.48. The molecule has 4 nitrogen and oxygen atoms in total. The van der Waals surface area contributed by atoms with Gasteiger partial charge in [-0.25, -0.2) is 0 Å². The summed E-state index contributed by atoms with van der Waals surface area (Å²) in [5.74, 6) is 1.64. The molecule has 0 fully saturated rings. The molecule has 1 aliphatic rings. The summed E-state index contributed by atoms with van der Waals surface area (Å²) in [5.41, 5.74) is 1.13. The van der Waals surface area contributed by atoms with E-state index in [0.717, 1.165) is 43.1 Å². The first-order valence-corrected chi connectivity index (χ1v) is 7.83. The van der Waals surface area contributed by atoms with Crippen LogP contribution in [0.2, 0.25) is 0 Å². The summed E-state index contributed by atoms with van der Waals surface area (Å²) >= 11 is 0. The second kappa shape index (κ2) is 8.90. The van der Waals surface area contributed by atoms with Crippen molar-refractivity contribution in [3.8, 4) is 11.5 Å². The molecular formula is C17H26O4. The topological polar surface area (TPSA) is 36.9 Å². The minimum absolute atomic E-state index is 0.320. The fraction of sp³-hybridized carbons (Fsp3) is 0.647. The average Bonchev–Trinajstić information content (AvgIpc) is 2.92. The fourth-order valence-electron chi connectivity index (χ4n) is 2.20. The maximum atomic E-state index is 5.70. The fourth-order valence-corrected chi connectivity index (χ4v) is 2.20. The second-order valence-electron chi connectivity index (χ2n) is 5.57. The second-order valence-corrected chi connectivity index (χ2v) is 5.57. The third kappa shape index (κ3) is 5.94. The van der Waals surface area contributed by atoms with Crippen LogP contribution in [0.25, 0.3) is 0 Å². The quantitative estimate of drug-likeness (QED) is 0.613. The zero-order valence-electron chi connectivity index (χ0n) is 13.1. The van der Waals surface area contributed by atoms with Crippen LogP contribution in [-0.4, -0.2) is 26.1 Å². The van der Waals surface area contributed by atoms with Gasteiger partial charge in [0.05, 0.1) is 12.7 Å². The number of ether oxygens (including phenoxy) is 4. The van der Waals surface area contributed by atoms with Gasteiger partial charge in [0.2, 0.25) is 6.79 Å². The van der Waals surface area contributed by atoms with Gasteiger partial charge in [0.25, 0.3) is 0 Å². The highest BCUT2D eigenvalue weighted by Gasteiger charge is 2.12. The van der Waals surface area contributed by atoms with Crippen LogP contribution < -0.4 is 9.47 Å². The van der Waals surface area contributed by atoms with Crippen molar-refractivity contribution in [1.82, 2.24) is 0 Å². The number of hydrogen-bond acceptors (Lipinski definition) is 4. The van der Waals surface area contributed by atoms with E-state index in [-0.39, 0.29) is 0 Å². The first-order valence-electron chi connectivity index (χ1n) is 7.83. The minimum Gasteiger partial charge on any atom is -0.454 e. The van der Waals surface area contributed by atoms with E-state index in [4.69, 9.17) is 18.9 Å². The number of rotatable bonds is 10. The number of fused-ring (bicyclic) bond motifs is 1. The van der Waals surface area contributed by atoms with Gasteiger partial charge in [-0.05, 0) is 44.4 Å². The van der Waals surface area contributed by atoms with Gasteiger partial charge in [-0.3, -0.25) is 0 Å². The molecule has 1 heterocycles. The molecule has 0 saturated heterocycles. The Labute approximate surface area is 127 Å². The summed E-state index contributed by atoms with van der Waals surface area (Å²) in [5, 5.41) is 0. The third-order valence-electron chi connectivity index (χ3n) is 3.34. The summed E-state index contributed by atoms with van der Waals surface area (Å²) in [6.07, 6.45) is 4.99. The zero-order valence-corrected chi connectivity index (χ0v) is 13.1. The lowest BCUT2D eigenvalue weighted by atomic mass is 10.2. The predicted molar refractivity (Wildman–Crippen MR) is 81.8 cm³/mol. The molecule has 1 aromatic carbocycles. The van der Waals surface area contributed by atoms with Crippen molar-refractivity contribution in [2.24, 2.45) is 0 Å². The first-order chi connectivity index (χ1) is 10.3. The summed E-state index contributed by atoms with van der Waals surface area (Å²) in [7, 11) is 0. The van der Waals surface area contributed by atoms with Gasteiger partial charge in [-0.1, -0.05) is 18.9 Å². The molecule has 0 aromatic heterocycles. The van der Waals surface area contributed by atoms with E-state index >= 15 is 0 Å². The number of hydrogen-bond donors (Lipinski definition) is 0. The molecule has 0 bridgehead atoms. The molecular weight excluding hydrogens is 268 g/mol. The van der Waals surface area contributed by atoms with E-state index < -0.39 is 0 Å². The Morgan fingerprint density at radius 1 is 1.00 bits per heavy atom. The van der Waals surface area contributed by atoms with E-state index in [1.54, 1.807) is 0 Å². The van der Waals surface area contributed by atoms with Gasteiger partial charge in [0, 0.05) is 13.2 Å². The van der Waals surface area contributed by atoms with Gasteiger partial charge in [-0.15, -0.1) is 0 Å². The summed E-state index contributed by atoms with van der Waals surface area (Å²) in [6.45, 7) is 6.77. The van der Waals surface area contributed by atoms with Crippen molar-refractivity contribution in [1.29, 1.82) is 0 Å². The summed E-state index contributed by atoms with van der Waals surface area (Å²) in [4.78, 5) is 0. The van der Waals surface area contributed by atoms with Crippen LogP contribution in [0.1, 0.15) is 45.1 Å². The highest BCUT2D eigenvalue weighted by Crippen LogP contribution is 2.32. The van der Waals surface area contributed by atoms with Gasteiger partial charge in [-0.2, -0.15) is 0 Å². The van der Waals surface area contributed by atoms with Gasteiger partial charge in [0.1, 0.15) is 0 Å². The van der Waals surface area contributed by atoms with Crippen molar-refractivity contribution in [2.45, 2.75) is 52.2 Å². The van der Waals surface area contributed by atoms with Crippen molar-refractivity contribution in [2.75, 3.05) is 20.0 Å². The Kier molecular flexibility index (Phi) is 6.83. The van der Waals surface area contributed by atoms with Crippen molar-refractivity contribution < 1.29 is 18.9 Å². The maximum absolute atomic E-state index is 5.70. The Bertz CT molecular complexity index is 417. The van der Waals surface area contributed by atoms with Crippen LogP contribution >= 0.6 is 0 Å². The summed E-state index contributed by atoms with van der Waals surface area (Å²) in [6, 6.07) is 5.96. The van der Waals surface area contributed by atoms with E-state index in [9.17, 15) is 0 Å². The SMILES string of the molecule is CC(C)OCCCCCCOCc1ccc2c(c1)OCO2. The highest BCUT2D eigenvalue weighted by molar-refractivity contribution is 5.44. The molecule has 0 unspecified atom stereocenters. The van der Waals surface area contributed by atoms with Crippen molar-refractivity contribution in [3.63, 3.8) is 0 Å². The first kappa shape index (κ1) is 16.1. The van der Waals surface area contributed by atoms with Crippen molar-refractivity contribution >= 4 is 0 Å².